The Bertz CT molecular complexity index is 784. The van der Waals surface area contributed by atoms with Crippen LogP contribution in [0.3, 0.4) is 0 Å². The Morgan fingerprint density at radius 2 is 1.96 bits per heavy atom. The molecule has 5 fully saturated rings. The normalized spacial score (nSPS) is 55.4. The topological polar surface area (TPSA) is 54.5 Å². The van der Waals surface area contributed by atoms with Crippen molar-refractivity contribution >= 4 is 17.5 Å². The Kier molecular flexibility index (Phi) is 2.41. The fourth-order valence-electron chi connectivity index (χ4n) is 8.39. The third-order valence-corrected chi connectivity index (χ3v) is 9.36. The molecular formula is C21H25NO3. The molecule has 4 nitrogen and oxygen atoms in total. The fraction of sp³-hybridized carbons (Fsp3) is 0.762. The van der Waals surface area contributed by atoms with Crippen molar-refractivity contribution in [2.45, 2.75) is 52.0 Å². The molecular weight excluding hydrogens is 314 g/mol. The number of carbonyl (C=O) groups excluding carboxylic acids is 3. The van der Waals surface area contributed by atoms with Crippen molar-refractivity contribution in [3.63, 3.8) is 0 Å². The SMILES string of the molecule is C[C@@H]1CN2C(=O)[C@H]3CCC4=CC(=O)[C@@H]5CC[C@@]6(C(=O)[C@@H]1C[C@@H]2[C@@]36C)[C@H]45. The lowest BCUT2D eigenvalue weighted by molar-refractivity contribution is -0.167. The molecule has 4 aliphatic carbocycles. The van der Waals surface area contributed by atoms with Crippen molar-refractivity contribution in [3.8, 4) is 0 Å². The van der Waals surface area contributed by atoms with Gasteiger partial charge in [-0.2, -0.15) is 0 Å². The number of carbonyl (C=O) groups is 3. The lowest BCUT2D eigenvalue weighted by Crippen LogP contribution is -2.66. The third kappa shape index (κ3) is 1.27. The van der Waals surface area contributed by atoms with E-state index in [0.717, 1.165) is 38.6 Å². The van der Waals surface area contributed by atoms with Crippen molar-refractivity contribution in [1.29, 1.82) is 0 Å². The summed E-state index contributed by atoms with van der Waals surface area (Å²) in [6.07, 6.45) is 6.00. The quantitative estimate of drug-likeness (QED) is 0.681. The fourth-order valence-corrected chi connectivity index (χ4v) is 8.39. The monoisotopic (exact) mass is 339 g/mol. The number of Topliss-reactive ketones (excluding diaryl/α,β-unsaturated/α-hetero) is 1. The second kappa shape index (κ2) is 4.10. The summed E-state index contributed by atoms with van der Waals surface area (Å²) in [5.41, 5.74) is 0.449. The molecule has 0 aromatic carbocycles. The molecule has 0 aromatic heterocycles. The van der Waals surface area contributed by atoms with Crippen LogP contribution in [0.5, 0.6) is 0 Å². The van der Waals surface area contributed by atoms with Crippen LogP contribution in [0.15, 0.2) is 11.6 Å². The molecule has 2 heterocycles. The van der Waals surface area contributed by atoms with Crippen LogP contribution in [0.4, 0.5) is 0 Å². The minimum atomic E-state index is -0.469. The van der Waals surface area contributed by atoms with Crippen molar-refractivity contribution in [1.82, 2.24) is 4.90 Å². The number of ketones is 2. The Hall–Kier alpha value is -1.45. The predicted molar refractivity (Wildman–Crippen MR) is 90.3 cm³/mol. The zero-order valence-electron chi connectivity index (χ0n) is 15.0. The van der Waals surface area contributed by atoms with E-state index in [1.807, 2.05) is 6.08 Å². The highest BCUT2D eigenvalue weighted by molar-refractivity contribution is 6.01. The van der Waals surface area contributed by atoms with Gasteiger partial charge < -0.3 is 4.90 Å². The molecule has 3 saturated carbocycles. The molecule has 2 aliphatic heterocycles. The first-order valence-electron chi connectivity index (χ1n) is 10.0. The molecule has 0 unspecified atom stereocenters. The number of fused-ring (bicyclic) bond motifs is 1. The molecule has 6 rings (SSSR count). The van der Waals surface area contributed by atoms with Crippen LogP contribution in [-0.4, -0.2) is 35.0 Å². The molecule has 1 amide bonds. The number of allylic oxidation sites excluding steroid dienone is 2. The zero-order chi connectivity index (χ0) is 17.3. The lowest BCUT2D eigenvalue weighted by Gasteiger charge is -2.59. The van der Waals surface area contributed by atoms with Crippen molar-refractivity contribution in [3.05, 3.63) is 11.6 Å². The van der Waals surface area contributed by atoms with Gasteiger partial charge in [0.25, 0.3) is 0 Å². The van der Waals surface area contributed by atoms with Gasteiger partial charge in [-0.25, -0.2) is 0 Å². The summed E-state index contributed by atoms with van der Waals surface area (Å²) in [6, 6.07) is 0.206. The third-order valence-electron chi connectivity index (χ3n) is 9.36. The number of nitrogens with zero attached hydrogens (tertiary/aromatic N) is 1. The number of piperidine rings is 1. The summed E-state index contributed by atoms with van der Waals surface area (Å²) in [5.74, 6) is 1.34. The van der Waals surface area contributed by atoms with Gasteiger partial charge >= 0.3 is 0 Å². The van der Waals surface area contributed by atoms with Crippen molar-refractivity contribution in [2.24, 2.45) is 40.4 Å². The van der Waals surface area contributed by atoms with Gasteiger partial charge in [0.2, 0.25) is 5.91 Å². The number of hydrogen-bond donors (Lipinski definition) is 0. The first-order valence-corrected chi connectivity index (χ1v) is 10.0. The summed E-state index contributed by atoms with van der Waals surface area (Å²) in [5, 5.41) is 0. The molecule has 2 saturated heterocycles. The molecule has 6 aliphatic rings. The predicted octanol–water partition coefficient (Wildman–Crippen LogP) is 2.37. The van der Waals surface area contributed by atoms with Gasteiger partial charge in [-0.15, -0.1) is 0 Å². The van der Waals surface area contributed by atoms with Crippen LogP contribution in [0.1, 0.15) is 46.0 Å². The van der Waals surface area contributed by atoms with Crippen LogP contribution in [0.25, 0.3) is 0 Å². The molecule has 8 atom stereocenters. The van der Waals surface area contributed by atoms with E-state index < -0.39 is 5.41 Å². The Morgan fingerprint density at radius 1 is 1.16 bits per heavy atom. The minimum absolute atomic E-state index is 0.00723. The van der Waals surface area contributed by atoms with E-state index >= 15 is 0 Å². The highest BCUT2D eigenvalue weighted by Gasteiger charge is 2.78. The smallest absolute Gasteiger partial charge is 0.226 e. The second-order valence-electron chi connectivity index (χ2n) is 9.78. The highest BCUT2D eigenvalue weighted by atomic mass is 16.2. The maximum Gasteiger partial charge on any atom is 0.226 e. The van der Waals surface area contributed by atoms with Crippen LogP contribution >= 0.6 is 0 Å². The van der Waals surface area contributed by atoms with Crippen LogP contribution in [0.2, 0.25) is 0 Å². The maximum absolute atomic E-state index is 14.0. The zero-order valence-corrected chi connectivity index (χ0v) is 15.0. The van der Waals surface area contributed by atoms with Gasteiger partial charge in [0, 0.05) is 47.1 Å². The van der Waals surface area contributed by atoms with Gasteiger partial charge in [-0.1, -0.05) is 19.4 Å². The number of rotatable bonds is 0. The largest absolute Gasteiger partial charge is 0.339 e. The van der Waals surface area contributed by atoms with Gasteiger partial charge in [-0.05, 0) is 44.1 Å². The summed E-state index contributed by atoms with van der Waals surface area (Å²) in [4.78, 5) is 42.0. The molecule has 1 spiro atoms. The van der Waals surface area contributed by atoms with E-state index in [4.69, 9.17) is 0 Å². The summed E-state index contributed by atoms with van der Waals surface area (Å²) < 4.78 is 0. The Balaban J connectivity index is 1.66. The molecule has 25 heavy (non-hydrogen) atoms. The van der Waals surface area contributed by atoms with Gasteiger partial charge in [0.1, 0.15) is 5.78 Å². The van der Waals surface area contributed by atoms with Crippen molar-refractivity contribution < 1.29 is 14.4 Å². The van der Waals surface area contributed by atoms with Gasteiger partial charge in [0.05, 0.1) is 0 Å². The van der Waals surface area contributed by atoms with E-state index in [9.17, 15) is 14.4 Å². The summed E-state index contributed by atoms with van der Waals surface area (Å²) in [7, 11) is 0. The number of amides is 1. The molecule has 2 bridgehead atoms. The first kappa shape index (κ1) is 14.7. The first-order chi connectivity index (χ1) is 11.9. The number of hydrogen-bond acceptors (Lipinski definition) is 3. The molecule has 4 heteroatoms. The minimum Gasteiger partial charge on any atom is -0.339 e. The molecule has 0 aromatic rings. The molecule has 0 radical (unpaired) electrons. The van der Waals surface area contributed by atoms with E-state index in [1.165, 1.54) is 5.57 Å². The average Bonchev–Trinajstić information content (AvgIpc) is 3.15. The Labute approximate surface area is 148 Å². The van der Waals surface area contributed by atoms with Crippen LogP contribution in [0, 0.1) is 40.4 Å². The van der Waals surface area contributed by atoms with E-state index in [1.54, 1.807) is 0 Å². The van der Waals surface area contributed by atoms with E-state index in [2.05, 4.69) is 18.7 Å². The molecule has 132 valence electrons. The summed E-state index contributed by atoms with van der Waals surface area (Å²) >= 11 is 0. The van der Waals surface area contributed by atoms with Gasteiger partial charge in [-0.3, -0.25) is 14.4 Å². The van der Waals surface area contributed by atoms with Crippen LogP contribution < -0.4 is 0 Å². The summed E-state index contributed by atoms with van der Waals surface area (Å²) in [6.45, 7) is 5.14. The standard InChI is InChI=1S/C21H25NO3/c1-10-9-22-16-8-13(10)18(24)21-6-5-12-15(23)7-11(17(12)21)3-4-14(19(22)25)20(16,21)2/h7,10,12-14,16-17H,3-6,8-9H2,1-2H3/t10-,12+,13-,14-,16-,17-,20-,21+/m1/s1. The molecule has 0 N–H and O–H groups in total. The average molecular weight is 339 g/mol. The second-order valence-corrected chi connectivity index (χ2v) is 9.78. The Morgan fingerprint density at radius 3 is 2.76 bits per heavy atom. The van der Waals surface area contributed by atoms with Gasteiger partial charge in [0.15, 0.2) is 5.78 Å². The van der Waals surface area contributed by atoms with Crippen molar-refractivity contribution in [2.75, 3.05) is 6.54 Å². The lowest BCUT2D eigenvalue weighted by atomic mass is 9.44. The highest BCUT2D eigenvalue weighted by Crippen LogP contribution is 2.74. The maximum atomic E-state index is 14.0. The van der Waals surface area contributed by atoms with E-state index in [-0.39, 0.29) is 46.8 Å². The van der Waals surface area contributed by atoms with Crippen LogP contribution in [-0.2, 0) is 14.4 Å². The van der Waals surface area contributed by atoms with E-state index in [0.29, 0.717) is 11.7 Å².